The van der Waals surface area contributed by atoms with Gasteiger partial charge in [-0.05, 0) is 77.3 Å². The largest absolute Gasteiger partial charge is 0.490 e. The van der Waals surface area contributed by atoms with Gasteiger partial charge in [-0.2, -0.15) is 0 Å². The predicted molar refractivity (Wildman–Crippen MR) is 182 cm³/mol. The predicted octanol–water partition coefficient (Wildman–Crippen LogP) is 5.05. The van der Waals surface area contributed by atoms with Gasteiger partial charge < -0.3 is 34.2 Å². The minimum atomic E-state index is -4.09. The van der Waals surface area contributed by atoms with E-state index in [1.165, 1.54) is 24.8 Å². The van der Waals surface area contributed by atoms with Gasteiger partial charge in [-0.3, -0.25) is 9.52 Å². The summed E-state index contributed by atoms with van der Waals surface area (Å²) in [6.45, 7) is 9.23. The van der Waals surface area contributed by atoms with Crippen molar-refractivity contribution in [2.24, 2.45) is 5.92 Å². The van der Waals surface area contributed by atoms with Crippen LogP contribution in [-0.4, -0.2) is 92.0 Å². The van der Waals surface area contributed by atoms with E-state index in [-0.39, 0.29) is 65.3 Å². The number of ether oxygens (including phenoxy) is 2. The molecule has 0 unspecified atom stereocenters. The first-order chi connectivity index (χ1) is 22.8. The van der Waals surface area contributed by atoms with Crippen molar-refractivity contribution in [1.82, 2.24) is 15.0 Å². The first-order valence-electron chi connectivity index (χ1n) is 16.2. The van der Waals surface area contributed by atoms with Crippen molar-refractivity contribution in [3.63, 3.8) is 0 Å². The maximum atomic E-state index is 14.4. The number of hydrogen-bond acceptors (Lipinski definition) is 9. The summed E-state index contributed by atoms with van der Waals surface area (Å²) >= 11 is 0. The average molecular weight is 686 g/mol. The molecule has 2 heterocycles. The van der Waals surface area contributed by atoms with E-state index in [0.29, 0.717) is 24.5 Å². The number of hydrogen-bond donors (Lipinski definition) is 3. The molecule has 0 radical (unpaired) electrons. The van der Waals surface area contributed by atoms with E-state index in [1.807, 2.05) is 44.2 Å². The zero-order chi connectivity index (χ0) is 35.0. The quantitative estimate of drug-likeness (QED) is 0.294. The van der Waals surface area contributed by atoms with Crippen LogP contribution in [0.15, 0.2) is 57.9 Å². The van der Waals surface area contributed by atoms with Crippen LogP contribution >= 0.6 is 0 Å². The van der Waals surface area contributed by atoms with E-state index in [2.05, 4.69) is 15.2 Å². The van der Waals surface area contributed by atoms with Crippen LogP contribution in [0.1, 0.15) is 61.8 Å². The molecule has 4 rings (SSSR count). The number of rotatable bonds is 8. The molecule has 0 saturated carbocycles. The Kier molecular flexibility index (Phi) is 12.5. The number of aromatic nitrogens is 1. The molecule has 0 saturated heterocycles. The average Bonchev–Trinajstić information content (AvgIpc) is 3.40. The van der Waals surface area contributed by atoms with Gasteiger partial charge in [-0.15, -0.1) is 0 Å². The molecule has 1 aliphatic heterocycles. The molecule has 3 amide bonds. The SMILES string of the molecule is Cc1noc(C)c1S(=O)(=O)Nc1ccc2c(c1)C(=O)N([C@@H](C)CO)C[C@H](C)[C@@H](CN(C)C(=O)Nc1ccccc1)OCCCC[C@@H](C)O2. The highest BCUT2D eigenvalue weighted by Crippen LogP contribution is 2.30. The van der Waals surface area contributed by atoms with Crippen LogP contribution in [-0.2, 0) is 14.8 Å². The van der Waals surface area contributed by atoms with Crippen LogP contribution in [0.5, 0.6) is 5.75 Å². The maximum absolute atomic E-state index is 14.4. The first-order valence-corrected chi connectivity index (χ1v) is 17.7. The smallest absolute Gasteiger partial charge is 0.321 e. The van der Waals surface area contributed by atoms with E-state index in [4.69, 9.17) is 14.0 Å². The Labute approximate surface area is 282 Å². The van der Waals surface area contributed by atoms with Crippen LogP contribution in [0, 0.1) is 19.8 Å². The minimum Gasteiger partial charge on any atom is -0.490 e. The number of likely N-dealkylation sites (N-methyl/N-ethyl adjacent to an activating group) is 1. The van der Waals surface area contributed by atoms with Crippen LogP contribution < -0.4 is 14.8 Å². The lowest BCUT2D eigenvalue weighted by molar-refractivity contribution is -0.0115. The van der Waals surface area contributed by atoms with Gasteiger partial charge in [0.1, 0.15) is 11.4 Å². The molecular weight excluding hydrogens is 638 g/mol. The van der Waals surface area contributed by atoms with Crippen molar-refractivity contribution in [1.29, 1.82) is 0 Å². The number of carbonyl (C=O) groups is 2. The van der Waals surface area contributed by atoms with Crippen LogP contribution in [0.3, 0.4) is 0 Å². The van der Waals surface area contributed by atoms with Crippen molar-refractivity contribution in [2.45, 2.75) is 77.0 Å². The van der Waals surface area contributed by atoms with E-state index >= 15 is 0 Å². The summed E-state index contributed by atoms with van der Waals surface area (Å²) in [5.41, 5.74) is 1.17. The lowest BCUT2D eigenvalue weighted by atomic mass is 10.0. The number of para-hydroxylation sites is 1. The van der Waals surface area contributed by atoms with Gasteiger partial charge in [0.25, 0.3) is 15.9 Å². The molecule has 14 heteroatoms. The van der Waals surface area contributed by atoms with Gasteiger partial charge in [0.2, 0.25) is 0 Å². The highest BCUT2D eigenvalue weighted by molar-refractivity contribution is 7.92. The third kappa shape index (κ3) is 9.26. The van der Waals surface area contributed by atoms with Gasteiger partial charge in [0.15, 0.2) is 10.7 Å². The van der Waals surface area contributed by atoms with Gasteiger partial charge >= 0.3 is 6.03 Å². The monoisotopic (exact) mass is 685 g/mol. The highest BCUT2D eigenvalue weighted by Gasteiger charge is 2.32. The third-order valence-electron chi connectivity index (χ3n) is 8.37. The molecule has 0 aliphatic carbocycles. The number of nitrogens with zero attached hydrogens (tertiary/aromatic N) is 3. The van der Waals surface area contributed by atoms with Crippen molar-refractivity contribution in [2.75, 3.05) is 43.4 Å². The van der Waals surface area contributed by atoms with Gasteiger partial charge in [0.05, 0.1) is 30.4 Å². The number of fused-ring (bicyclic) bond motifs is 1. The van der Waals surface area contributed by atoms with Crippen molar-refractivity contribution in [3.8, 4) is 5.75 Å². The fraction of sp³-hybridized carbons (Fsp3) is 0.500. The summed E-state index contributed by atoms with van der Waals surface area (Å²) in [5.74, 6) is -0.265. The molecule has 0 bridgehead atoms. The van der Waals surface area contributed by atoms with Crippen LogP contribution in [0.2, 0.25) is 0 Å². The Morgan fingerprint density at radius 3 is 2.52 bits per heavy atom. The van der Waals surface area contributed by atoms with E-state index in [0.717, 1.165) is 12.8 Å². The number of anilines is 2. The van der Waals surface area contributed by atoms with Gasteiger partial charge in [0, 0.05) is 44.0 Å². The Balaban J connectivity index is 1.64. The molecule has 3 aromatic rings. The lowest BCUT2D eigenvalue weighted by Gasteiger charge is -2.35. The second-order valence-corrected chi connectivity index (χ2v) is 14.1. The summed E-state index contributed by atoms with van der Waals surface area (Å²) < 4.78 is 46.8. The van der Waals surface area contributed by atoms with Crippen LogP contribution in [0.4, 0.5) is 16.2 Å². The molecule has 1 aromatic heterocycles. The molecular formula is C34H47N5O8S. The number of amides is 3. The molecule has 48 heavy (non-hydrogen) atoms. The number of benzene rings is 2. The molecule has 262 valence electrons. The second kappa shape index (κ2) is 16.3. The lowest BCUT2D eigenvalue weighted by Crippen LogP contribution is -2.48. The first kappa shape index (κ1) is 36.7. The minimum absolute atomic E-state index is 0.0726. The summed E-state index contributed by atoms with van der Waals surface area (Å²) in [4.78, 5) is 30.4. The highest BCUT2D eigenvalue weighted by atomic mass is 32.2. The number of carbonyl (C=O) groups excluding carboxylic acids is 2. The standard InChI is InChI=1S/C34H47N5O8S/c1-22-19-39(23(2)21-40)33(41)29-18-28(37-48(43,44)32-25(4)36-47-26(32)5)15-16-30(29)46-24(3)12-10-11-17-45-31(22)20-38(6)34(42)35-27-13-8-7-9-14-27/h7-9,13-16,18,22-24,31,37,40H,10-12,17,19-21H2,1-6H3,(H,35,42)/t22-,23-,24+,31+/m0/s1. The Hall–Kier alpha value is -4.14. The Morgan fingerprint density at radius 2 is 1.85 bits per heavy atom. The number of sulfonamides is 1. The van der Waals surface area contributed by atoms with E-state index in [9.17, 15) is 23.1 Å². The van der Waals surface area contributed by atoms with E-state index in [1.54, 1.807) is 31.0 Å². The normalized spacial score (nSPS) is 20.2. The molecule has 4 atom stereocenters. The maximum Gasteiger partial charge on any atom is 0.321 e. The number of aliphatic hydroxyl groups is 1. The number of nitrogens with one attached hydrogen (secondary N) is 2. The molecule has 3 N–H and O–H groups in total. The van der Waals surface area contributed by atoms with Gasteiger partial charge in [-0.1, -0.05) is 30.3 Å². The summed E-state index contributed by atoms with van der Waals surface area (Å²) in [6.07, 6.45) is 1.58. The fourth-order valence-corrected chi connectivity index (χ4v) is 6.99. The Bertz CT molecular complexity index is 1630. The molecule has 13 nitrogen and oxygen atoms in total. The van der Waals surface area contributed by atoms with Crippen LogP contribution in [0.25, 0.3) is 0 Å². The summed E-state index contributed by atoms with van der Waals surface area (Å²) in [6, 6.07) is 12.8. The van der Waals surface area contributed by atoms with Crippen molar-refractivity contribution < 1.29 is 37.1 Å². The molecule has 0 fully saturated rings. The van der Waals surface area contributed by atoms with E-state index < -0.39 is 28.1 Å². The summed E-state index contributed by atoms with van der Waals surface area (Å²) in [5, 5.41) is 16.9. The Morgan fingerprint density at radius 1 is 1.12 bits per heavy atom. The fourth-order valence-electron chi connectivity index (χ4n) is 5.61. The second-order valence-electron chi connectivity index (χ2n) is 12.4. The molecule has 2 aromatic carbocycles. The van der Waals surface area contributed by atoms with Gasteiger partial charge in [-0.25, -0.2) is 13.2 Å². The van der Waals surface area contributed by atoms with Crippen molar-refractivity contribution >= 4 is 33.3 Å². The number of aryl methyl sites for hydroxylation is 2. The van der Waals surface area contributed by atoms with Crippen molar-refractivity contribution in [3.05, 3.63) is 65.5 Å². The molecule has 1 aliphatic rings. The third-order valence-corrected chi connectivity index (χ3v) is 9.99. The zero-order valence-corrected chi connectivity index (χ0v) is 29.2. The number of aliphatic hydroxyl groups excluding tert-OH is 1. The number of urea groups is 1. The topological polar surface area (TPSA) is 164 Å². The molecule has 0 spiro atoms. The summed E-state index contributed by atoms with van der Waals surface area (Å²) in [7, 11) is -2.40. The zero-order valence-electron chi connectivity index (χ0n) is 28.4.